The van der Waals surface area contributed by atoms with Gasteiger partial charge in [0.05, 0.1) is 0 Å². The quantitative estimate of drug-likeness (QED) is 0.560. The SMILES string of the molecule is C=CCNCCOc1ccc(C(C)(C)CC)cc1. The van der Waals surface area contributed by atoms with E-state index < -0.39 is 0 Å². The van der Waals surface area contributed by atoms with Crippen molar-refractivity contribution in [3.05, 3.63) is 42.5 Å². The Morgan fingerprint density at radius 2 is 1.94 bits per heavy atom. The highest BCUT2D eigenvalue weighted by molar-refractivity contribution is 5.31. The summed E-state index contributed by atoms with van der Waals surface area (Å²) in [7, 11) is 0. The largest absolute Gasteiger partial charge is 0.492 e. The van der Waals surface area contributed by atoms with Crippen molar-refractivity contribution in [3.8, 4) is 5.75 Å². The van der Waals surface area contributed by atoms with Crippen LogP contribution in [0.15, 0.2) is 36.9 Å². The van der Waals surface area contributed by atoms with E-state index in [4.69, 9.17) is 4.74 Å². The standard InChI is InChI=1S/C16H25NO/c1-5-11-17-12-13-18-15-9-7-14(8-10-15)16(3,4)6-2/h5,7-10,17H,1,6,11-13H2,2-4H3. The second-order valence-electron chi connectivity index (χ2n) is 5.10. The number of hydrogen-bond donors (Lipinski definition) is 1. The van der Waals surface area contributed by atoms with E-state index >= 15 is 0 Å². The molecule has 0 saturated heterocycles. The van der Waals surface area contributed by atoms with E-state index in [1.807, 2.05) is 6.08 Å². The Hall–Kier alpha value is -1.28. The van der Waals surface area contributed by atoms with Crippen LogP contribution in [0.4, 0.5) is 0 Å². The first-order chi connectivity index (χ1) is 8.60. The number of ether oxygens (including phenoxy) is 1. The average Bonchev–Trinajstić information content (AvgIpc) is 2.39. The van der Waals surface area contributed by atoms with E-state index in [0.717, 1.165) is 25.3 Å². The predicted molar refractivity (Wildman–Crippen MR) is 78.3 cm³/mol. The Morgan fingerprint density at radius 1 is 1.28 bits per heavy atom. The van der Waals surface area contributed by atoms with E-state index in [1.54, 1.807) is 0 Å². The zero-order valence-corrected chi connectivity index (χ0v) is 11.8. The van der Waals surface area contributed by atoms with Gasteiger partial charge in [-0.15, -0.1) is 6.58 Å². The summed E-state index contributed by atoms with van der Waals surface area (Å²) < 4.78 is 5.66. The van der Waals surface area contributed by atoms with Crippen molar-refractivity contribution in [1.29, 1.82) is 0 Å². The van der Waals surface area contributed by atoms with Crippen molar-refractivity contribution < 1.29 is 4.74 Å². The molecule has 1 rings (SSSR count). The Bertz CT molecular complexity index is 354. The first-order valence-electron chi connectivity index (χ1n) is 6.65. The van der Waals surface area contributed by atoms with Crippen molar-refractivity contribution in [2.45, 2.75) is 32.6 Å². The van der Waals surface area contributed by atoms with E-state index in [2.05, 4.69) is 56.9 Å². The Labute approximate surface area is 111 Å². The number of nitrogens with one attached hydrogen (secondary N) is 1. The third-order valence-corrected chi connectivity index (χ3v) is 3.36. The van der Waals surface area contributed by atoms with Crippen molar-refractivity contribution >= 4 is 0 Å². The molecule has 100 valence electrons. The van der Waals surface area contributed by atoms with Crippen LogP contribution < -0.4 is 10.1 Å². The van der Waals surface area contributed by atoms with Crippen LogP contribution >= 0.6 is 0 Å². The second kappa shape index (κ2) is 7.22. The van der Waals surface area contributed by atoms with Gasteiger partial charge in [0.2, 0.25) is 0 Å². The van der Waals surface area contributed by atoms with Gasteiger partial charge < -0.3 is 10.1 Å². The van der Waals surface area contributed by atoms with Gasteiger partial charge in [-0.1, -0.05) is 39.0 Å². The molecule has 0 bridgehead atoms. The summed E-state index contributed by atoms with van der Waals surface area (Å²) in [5, 5.41) is 3.21. The molecule has 0 aliphatic heterocycles. The highest BCUT2D eigenvalue weighted by Gasteiger charge is 2.17. The summed E-state index contributed by atoms with van der Waals surface area (Å²) in [6.07, 6.45) is 2.99. The molecule has 0 spiro atoms. The van der Waals surface area contributed by atoms with Gasteiger partial charge in [0.25, 0.3) is 0 Å². The summed E-state index contributed by atoms with van der Waals surface area (Å²) in [5.74, 6) is 0.936. The van der Waals surface area contributed by atoms with Gasteiger partial charge in [0, 0.05) is 13.1 Å². The molecule has 0 radical (unpaired) electrons. The molecule has 0 heterocycles. The maximum absolute atomic E-state index is 5.66. The lowest BCUT2D eigenvalue weighted by molar-refractivity contribution is 0.316. The highest BCUT2D eigenvalue weighted by atomic mass is 16.5. The van der Waals surface area contributed by atoms with Crippen molar-refractivity contribution in [2.24, 2.45) is 0 Å². The van der Waals surface area contributed by atoms with Crippen LogP contribution in [0.1, 0.15) is 32.8 Å². The lowest BCUT2D eigenvalue weighted by Gasteiger charge is -2.23. The molecule has 1 aromatic rings. The van der Waals surface area contributed by atoms with Crippen LogP contribution in [0.2, 0.25) is 0 Å². The normalized spacial score (nSPS) is 11.3. The monoisotopic (exact) mass is 247 g/mol. The summed E-state index contributed by atoms with van der Waals surface area (Å²) in [6.45, 7) is 12.8. The van der Waals surface area contributed by atoms with E-state index in [9.17, 15) is 0 Å². The maximum atomic E-state index is 5.66. The molecule has 0 aliphatic carbocycles. The summed E-state index contributed by atoms with van der Waals surface area (Å²) >= 11 is 0. The topological polar surface area (TPSA) is 21.3 Å². The van der Waals surface area contributed by atoms with E-state index in [-0.39, 0.29) is 5.41 Å². The molecule has 0 aliphatic rings. The summed E-state index contributed by atoms with van der Waals surface area (Å²) in [4.78, 5) is 0. The zero-order valence-electron chi connectivity index (χ0n) is 11.8. The minimum atomic E-state index is 0.240. The first kappa shape index (κ1) is 14.8. The summed E-state index contributed by atoms with van der Waals surface area (Å²) in [6, 6.07) is 8.44. The predicted octanol–water partition coefficient (Wildman–Crippen LogP) is 3.53. The van der Waals surface area contributed by atoms with Gasteiger partial charge in [-0.3, -0.25) is 0 Å². The number of benzene rings is 1. The van der Waals surface area contributed by atoms with Gasteiger partial charge in [0.15, 0.2) is 0 Å². The summed E-state index contributed by atoms with van der Waals surface area (Å²) in [5.41, 5.74) is 1.60. The molecule has 0 amide bonds. The maximum Gasteiger partial charge on any atom is 0.119 e. The van der Waals surface area contributed by atoms with Gasteiger partial charge in [-0.2, -0.15) is 0 Å². The molecule has 0 fully saturated rings. The number of rotatable bonds is 8. The van der Waals surface area contributed by atoms with Gasteiger partial charge in [-0.05, 0) is 29.5 Å². The van der Waals surface area contributed by atoms with Gasteiger partial charge in [-0.25, -0.2) is 0 Å². The zero-order chi connectivity index (χ0) is 13.4. The van der Waals surface area contributed by atoms with E-state index in [0.29, 0.717) is 6.61 Å². The van der Waals surface area contributed by atoms with E-state index in [1.165, 1.54) is 5.56 Å². The highest BCUT2D eigenvalue weighted by Crippen LogP contribution is 2.27. The van der Waals surface area contributed by atoms with Crippen molar-refractivity contribution in [3.63, 3.8) is 0 Å². The molecule has 1 aromatic carbocycles. The molecule has 0 aromatic heterocycles. The average molecular weight is 247 g/mol. The van der Waals surface area contributed by atoms with Crippen LogP contribution in [-0.4, -0.2) is 19.7 Å². The molecule has 0 unspecified atom stereocenters. The molecule has 2 nitrogen and oxygen atoms in total. The molecule has 0 atom stereocenters. The van der Waals surface area contributed by atoms with Crippen molar-refractivity contribution in [2.75, 3.05) is 19.7 Å². The lowest BCUT2D eigenvalue weighted by atomic mass is 9.82. The lowest BCUT2D eigenvalue weighted by Crippen LogP contribution is -2.20. The smallest absolute Gasteiger partial charge is 0.119 e. The molecule has 0 saturated carbocycles. The Balaban J connectivity index is 2.43. The molecule has 18 heavy (non-hydrogen) atoms. The van der Waals surface area contributed by atoms with Crippen molar-refractivity contribution in [1.82, 2.24) is 5.32 Å². The minimum absolute atomic E-state index is 0.240. The Morgan fingerprint density at radius 3 is 2.50 bits per heavy atom. The number of hydrogen-bond acceptors (Lipinski definition) is 2. The third kappa shape index (κ3) is 4.53. The van der Waals surface area contributed by atoms with Crippen LogP contribution in [0, 0.1) is 0 Å². The van der Waals surface area contributed by atoms with Gasteiger partial charge in [0.1, 0.15) is 12.4 Å². The van der Waals surface area contributed by atoms with Crippen LogP contribution in [0.3, 0.4) is 0 Å². The van der Waals surface area contributed by atoms with Crippen LogP contribution in [-0.2, 0) is 5.41 Å². The fraction of sp³-hybridized carbons (Fsp3) is 0.500. The second-order valence-corrected chi connectivity index (χ2v) is 5.10. The first-order valence-corrected chi connectivity index (χ1v) is 6.65. The molecule has 1 N–H and O–H groups in total. The minimum Gasteiger partial charge on any atom is -0.492 e. The third-order valence-electron chi connectivity index (χ3n) is 3.36. The van der Waals surface area contributed by atoms with Crippen LogP contribution in [0.25, 0.3) is 0 Å². The fourth-order valence-electron chi connectivity index (χ4n) is 1.65. The van der Waals surface area contributed by atoms with Crippen LogP contribution in [0.5, 0.6) is 5.75 Å². The molecular weight excluding hydrogens is 222 g/mol. The molecule has 2 heteroatoms. The fourth-order valence-corrected chi connectivity index (χ4v) is 1.65. The Kier molecular flexibility index (Phi) is 5.93. The molecular formula is C16H25NO. The van der Waals surface area contributed by atoms with Gasteiger partial charge >= 0.3 is 0 Å².